The van der Waals surface area contributed by atoms with Crippen LogP contribution in [0.1, 0.15) is 13.3 Å². The van der Waals surface area contributed by atoms with Crippen LogP contribution in [-0.4, -0.2) is 75.6 Å². The number of nitrogens with zero attached hydrogens (tertiary/aromatic N) is 5. The van der Waals surface area contributed by atoms with Crippen LogP contribution >= 0.6 is 7.82 Å². The number of fused-ring (bicyclic) bond motifs is 1. The molecule has 3 aromatic heterocycles. The molecule has 5 N–H and O–H groups in total. The lowest BCUT2D eigenvalue weighted by molar-refractivity contribution is -0.130. The largest absolute Gasteiger partial charge is 0.469 e. The average molecular weight is 497 g/mol. The number of carbonyl (C=O) groups is 1. The molecule has 1 saturated heterocycles. The van der Waals surface area contributed by atoms with Gasteiger partial charge in [0.1, 0.15) is 17.9 Å². The number of carbonyl (C=O) groups excluding carboxylic acids is 1. The summed E-state index contributed by atoms with van der Waals surface area (Å²) in [7, 11) is -4.64. The molecule has 1 aliphatic heterocycles. The molecule has 1 fully saturated rings. The number of aryl methyl sites for hydroxylation is 1. The van der Waals surface area contributed by atoms with Gasteiger partial charge in [0.2, 0.25) is 17.7 Å². The van der Waals surface area contributed by atoms with Gasteiger partial charge in [-0.2, -0.15) is 15.1 Å². The summed E-state index contributed by atoms with van der Waals surface area (Å²) >= 11 is 0. The number of amides is 1. The third-order valence-electron chi connectivity index (χ3n) is 4.82. The minimum atomic E-state index is -4.64. The van der Waals surface area contributed by atoms with E-state index in [9.17, 15) is 9.18 Å². The van der Waals surface area contributed by atoms with Crippen LogP contribution in [0.5, 0.6) is 5.88 Å². The van der Waals surface area contributed by atoms with Crippen molar-refractivity contribution in [1.82, 2.24) is 29.6 Å². The Balaban J connectivity index is 0.000000588. The van der Waals surface area contributed by atoms with E-state index in [1.165, 1.54) is 11.0 Å². The molecule has 0 aliphatic carbocycles. The predicted molar refractivity (Wildman–Crippen MR) is 120 cm³/mol. The van der Waals surface area contributed by atoms with Crippen LogP contribution in [-0.2, 0) is 15.9 Å². The Bertz CT molecular complexity index is 1190. The molecule has 184 valence electrons. The van der Waals surface area contributed by atoms with Gasteiger partial charge in [-0.25, -0.2) is 8.96 Å². The number of phosphoric acid groups is 1. The van der Waals surface area contributed by atoms with Crippen LogP contribution < -0.4 is 10.1 Å². The summed E-state index contributed by atoms with van der Waals surface area (Å²) in [6.45, 7) is 6.69. The highest BCUT2D eigenvalue weighted by Crippen LogP contribution is 2.28. The summed E-state index contributed by atoms with van der Waals surface area (Å²) in [5.41, 5.74) is 1.29. The SMILES string of the molecule is C=CC(=O)N1CC[C@@H](F)[C@@H](Oc2nc(Nc3cnn(CC)c3)nc3[nH]ccc23)C1.O=P(O)(O)O. The van der Waals surface area contributed by atoms with Gasteiger partial charge in [0.05, 0.1) is 23.8 Å². The first-order chi connectivity index (χ1) is 16.1. The predicted octanol–water partition coefficient (Wildman–Crippen LogP) is 1.49. The summed E-state index contributed by atoms with van der Waals surface area (Å²) in [6.07, 6.45) is 4.62. The van der Waals surface area contributed by atoms with E-state index in [-0.39, 0.29) is 24.8 Å². The molecule has 34 heavy (non-hydrogen) atoms. The molecule has 15 heteroatoms. The first kappa shape index (κ1) is 25.3. The number of ether oxygens (including phenoxy) is 1. The fraction of sp³-hybridized carbons (Fsp3) is 0.368. The topological polar surface area (TPSA) is 179 Å². The van der Waals surface area contributed by atoms with E-state index >= 15 is 0 Å². The molecule has 0 saturated carbocycles. The second kappa shape index (κ2) is 10.7. The number of aromatic amines is 1. The van der Waals surface area contributed by atoms with Crippen LogP contribution in [0.2, 0.25) is 0 Å². The average Bonchev–Trinajstić information content (AvgIpc) is 3.43. The number of piperidine rings is 1. The van der Waals surface area contributed by atoms with Gasteiger partial charge in [-0.15, -0.1) is 0 Å². The normalized spacial score (nSPS) is 18.2. The summed E-state index contributed by atoms with van der Waals surface area (Å²) in [5, 5.41) is 7.93. The lowest BCUT2D eigenvalue weighted by Gasteiger charge is -2.34. The molecule has 1 aliphatic rings. The van der Waals surface area contributed by atoms with Gasteiger partial charge in [-0.3, -0.25) is 9.48 Å². The minimum Gasteiger partial charge on any atom is -0.469 e. The van der Waals surface area contributed by atoms with E-state index in [4.69, 9.17) is 24.0 Å². The van der Waals surface area contributed by atoms with Crippen LogP contribution in [0, 0.1) is 0 Å². The van der Waals surface area contributed by atoms with Gasteiger partial charge in [-0.05, 0) is 25.5 Å². The second-order valence-corrected chi connectivity index (χ2v) is 8.29. The minimum absolute atomic E-state index is 0.133. The van der Waals surface area contributed by atoms with Gasteiger partial charge in [0, 0.05) is 25.5 Å². The molecule has 0 unspecified atom stereocenters. The van der Waals surface area contributed by atoms with E-state index in [2.05, 4.69) is 31.9 Å². The molecule has 3 aromatic rings. The number of anilines is 2. The van der Waals surface area contributed by atoms with Crippen molar-refractivity contribution in [2.45, 2.75) is 32.2 Å². The Kier molecular flexibility index (Phi) is 7.99. The summed E-state index contributed by atoms with van der Waals surface area (Å²) in [6, 6.07) is 1.77. The Labute approximate surface area is 193 Å². The van der Waals surface area contributed by atoms with Gasteiger partial charge < -0.3 is 34.6 Å². The van der Waals surface area contributed by atoms with E-state index in [1.807, 2.05) is 13.1 Å². The van der Waals surface area contributed by atoms with Crippen LogP contribution in [0.4, 0.5) is 16.0 Å². The zero-order valence-electron chi connectivity index (χ0n) is 18.2. The Morgan fingerprint density at radius 2 is 2.18 bits per heavy atom. The van der Waals surface area contributed by atoms with Gasteiger partial charge in [0.15, 0.2) is 0 Å². The highest BCUT2D eigenvalue weighted by molar-refractivity contribution is 7.45. The van der Waals surface area contributed by atoms with Gasteiger partial charge in [-0.1, -0.05) is 6.58 Å². The molecule has 0 radical (unpaired) electrons. The van der Waals surface area contributed by atoms with Gasteiger partial charge in [0.25, 0.3) is 0 Å². The number of alkyl halides is 1. The molecular weight excluding hydrogens is 472 g/mol. The fourth-order valence-electron chi connectivity index (χ4n) is 3.26. The van der Waals surface area contributed by atoms with E-state index < -0.39 is 20.1 Å². The molecule has 4 heterocycles. The zero-order valence-corrected chi connectivity index (χ0v) is 19.1. The molecule has 4 rings (SSSR count). The number of halogens is 1. The standard InChI is InChI=1S/C19H22FN7O2.H3O4P/c1-3-16(28)26-8-6-14(20)15(11-26)29-18-13-5-7-21-17(13)24-19(25-18)23-12-9-22-27(4-2)10-12;1-5(2,3)4/h3,5,7,9-10,14-15H,1,4,6,8,11H2,2H3,(H2,21,23,24,25);(H3,1,2,3,4)/t14-,15+;/m1./s1. The second-order valence-electron chi connectivity index (χ2n) is 7.26. The highest BCUT2D eigenvalue weighted by Gasteiger charge is 2.33. The lowest BCUT2D eigenvalue weighted by atomic mass is 10.1. The number of aromatic nitrogens is 5. The number of nitrogens with one attached hydrogen (secondary N) is 2. The molecule has 1 amide bonds. The number of hydrogen-bond acceptors (Lipinski definition) is 7. The Hall–Kier alpha value is -3.32. The maximum atomic E-state index is 14.5. The summed E-state index contributed by atoms with van der Waals surface area (Å²) < 4.78 is 31.1. The number of likely N-dealkylation sites (tertiary alicyclic amines) is 1. The third-order valence-corrected chi connectivity index (χ3v) is 4.82. The smallest absolute Gasteiger partial charge is 0.466 e. The number of rotatable bonds is 6. The maximum Gasteiger partial charge on any atom is 0.466 e. The first-order valence-electron chi connectivity index (χ1n) is 10.2. The van der Waals surface area contributed by atoms with Crippen molar-refractivity contribution in [1.29, 1.82) is 0 Å². The molecule has 0 spiro atoms. The van der Waals surface area contributed by atoms with Crippen LogP contribution in [0.15, 0.2) is 37.3 Å². The zero-order chi connectivity index (χ0) is 24.9. The first-order valence-corrected chi connectivity index (χ1v) is 11.8. The van der Waals surface area contributed by atoms with Crippen molar-refractivity contribution in [3.05, 3.63) is 37.3 Å². The number of H-pyrrole nitrogens is 1. The molecule has 0 bridgehead atoms. The van der Waals surface area contributed by atoms with E-state index in [0.29, 0.717) is 23.5 Å². The monoisotopic (exact) mass is 497 g/mol. The number of hydrogen-bond donors (Lipinski definition) is 5. The van der Waals surface area contributed by atoms with Crippen molar-refractivity contribution in [2.24, 2.45) is 0 Å². The van der Waals surface area contributed by atoms with E-state index in [0.717, 1.165) is 12.2 Å². The third kappa shape index (κ3) is 6.84. The van der Waals surface area contributed by atoms with Crippen molar-refractivity contribution < 1.29 is 33.2 Å². The van der Waals surface area contributed by atoms with Gasteiger partial charge >= 0.3 is 7.82 Å². The quantitative estimate of drug-likeness (QED) is 0.247. The summed E-state index contributed by atoms with van der Waals surface area (Å²) in [4.78, 5) is 46.9. The van der Waals surface area contributed by atoms with Crippen molar-refractivity contribution in [2.75, 3.05) is 18.4 Å². The van der Waals surface area contributed by atoms with Crippen LogP contribution in [0.3, 0.4) is 0 Å². The summed E-state index contributed by atoms with van der Waals surface area (Å²) in [5.74, 6) is 0.313. The van der Waals surface area contributed by atoms with Crippen molar-refractivity contribution in [3.63, 3.8) is 0 Å². The van der Waals surface area contributed by atoms with Crippen molar-refractivity contribution >= 4 is 36.4 Å². The van der Waals surface area contributed by atoms with E-state index in [1.54, 1.807) is 23.1 Å². The maximum absolute atomic E-state index is 14.5. The molecule has 0 aromatic carbocycles. The molecular formula is C19H25FN7O6P. The van der Waals surface area contributed by atoms with Crippen LogP contribution in [0.25, 0.3) is 11.0 Å². The lowest BCUT2D eigenvalue weighted by Crippen LogP contribution is -2.49. The van der Waals surface area contributed by atoms with Crippen molar-refractivity contribution in [3.8, 4) is 5.88 Å². The molecule has 2 atom stereocenters. The molecule has 13 nitrogen and oxygen atoms in total. The highest BCUT2D eigenvalue weighted by atomic mass is 31.2. The Morgan fingerprint density at radius 3 is 2.82 bits per heavy atom. The Morgan fingerprint density at radius 1 is 1.44 bits per heavy atom. The fourth-order valence-corrected chi connectivity index (χ4v) is 3.26.